The highest BCUT2D eigenvalue weighted by atomic mass is 35.5. The normalized spacial score (nSPS) is 18.0. The summed E-state index contributed by atoms with van der Waals surface area (Å²) < 4.78 is 1.68. The van der Waals surface area contributed by atoms with Gasteiger partial charge >= 0.3 is 0 Å². The number of likely N-dealkylation sites (tertiary alicyclic amines) is 1. The zero-order chi connectivity index (χ0) is 15.7. The summed E-state index contributed by atoms with van der Waals surface area (Å²) in [6.45, 7) is 5.44. The van der Waals surface area contributed by atoms with E-state index >= 15 is 0 Å². The van der Waals surface area contributed by atoms with Gasteiger partial charge in [-0.1, -0.05) is 41.4 Å². The predicted octanol–water partition coefficient (Wildman–Crippen LogP) is 3.84. The van der Waals surface area contributed by atoms with Crippen LogP contribution in [0.5, 0.6) is 0 Å². The lowest BCUT2D eigenvalue weighted by Crippen LogP contribution is -2.32. The highest BCUT2D eigenvalue weighted by molar-refractivity contribution is 6.33. The molecule has 0 unspecified atom stereocenters. The SMILES string of the molecule is CCn1ncc(Cl)c1C(=O)N1CCC[C@H]1c1cccc(C)c1. The fraction of sp³-hybridized carbons (Fsp3) is 0.412. The number of halogens is 1. The van der Waals surface area contributed by atoms with Crippen LogP contribution < -0.4 is 0 Å². The number of hydrogen-bond donors (Lipinski definition) is 0. The molecule has 5 heteroatoms. The Hall–Kier alpha value is -1.81. The maximum atomic E-state index is 13.0. The minimum atomic E-state index is -0.0200. The van der Waals surface area contributed by atoms with Crippen LogP contribution in [0, 0.1) is 6.92 Å². The van der Waals surface area contributed by atoms with Crippen LogP contribution in [0.25, 0.3) is 0 Å². The van der Waals surface area contributed by atoms with Crippen LogP contribution in [0.1, 0.15) is 47.4 Å². The molecule has 3 rings (SSSR count). The average Bonchev–Trinajstić information content (AvgIpc) is 3.13. The number of nitrogens with zero attached hydrogens (tertiary/aromatic N) is 3. The van der Waals surface area contributed by atoms with Gasteiger partial charge in [-0.05, 0) is 32.3 Å². The summed E-state index contributed by atoms with van der Waals surface area (Å²) in [4.78, 5) is 14.9. The molecule has 1 aromatic heterocycles. The summed E-state index contributed by atoms with van der Waals surface area (Å²) in [5, 5.41) is 4.61. The lowest BCUT2D eigenvalue weighted by Gasteiger charge is -2.25. The fourth-order valence-corrected chi connectivity index (χ4v) is 3.41. The van der Waals surface area contributed by atoms with Gasteiger partial charge in [0.1, 0.15) is 5.69 Å². The molecule has 0 radical (unpaired) electrons. The van der Waals surface area contributed by atoms with Gasteiger partial charge in [-0.25, -0.2) is 0 Å². The number of rotatable bonds is 3. The van der Waals surface area contributed by atoms with E-state index in [0.717, 1.165) is 19.4 Å². The van der Waals surface area contributed by atoms with Gasteiger partial charge < -0.3 is 4.90 Å². The Morgan fingerprint density at radius 2 is 2.27 bits per heavy atom. The third-order valence-corrected chi connectivity index (χ3v) is 4.51. The third-order valence-electron chi connectivity index (χ3n) is 4.24. The maximum absolute atomic E-state index is 13.0. The van der Waals surface area contributed by atoms with Gasteiger partial charge in [0, 0.05) is 13.1 Å². The zero-order valence-electron chi connectivity index (χ0n) is 12.9. The molecule has 2 aromatic rings. The zero-order valence-corrected chi connectivity index (χ0v) is 13.7. The Bertz CT molecular complexity index is 695. The summed E-state index contributed by atoms with van der Waals surface area (Å²) in [7, 11) is 0. The van der Waals surface area contributed by atoms with E-state index in [2.05, 4.69) is 36.3 Å². The molecule has 1 aliphatic heterocycles. The lowest BCUT2D eigenvalue weighted by atomic mass is 10.0. The van der Waals surface area contributed by atoms with Crippen LogP contribution in [-0.4, -0.2) is 27.1 Å². The Labute approximate surface area is 135 Å². The van der Waals surface area contributed by atoms with Crippen molar-refractivity contribution in [2.75, 3.05) is 6.54 Å². The van der Waals surface area contributed by atoms with Crippen molar-refractivity contribution < 1.29 is 4.79 Å². The molecule has 0 N–H and O–H groups in total. The first-order valence-corrected chi connectivity index (χ1v) is 8.08. The van der Waals surface area contributed by atoms with Crippen molar-refractivity contribution >= 4 is 17.5 Å². The van der Waals surface area contributed by atoms with Crippen LogP contribution in [0.2, 0.25) is 5.02 Å². The molecule has 1 aliphatic rings. The Morgan fingerprint density at radius 3 is 3.00 bits per heavy atom. The first-order valence-electron chi connectivity index (χ1n) is 7.70. The highest BCUT2D eigenvalue weighted by Gasteiger charge is 2.33. The van der Waals surface area contributed by atoms with E-state index in [-0.39, 0.29) is 11.9 Å². The van der Waals surface area contributed by atoms with E-state index < -0.39 is 0 Å². The number of hydrogen-bond acceptors (Lipinski definition) is 2. The van der Waals surface area contributed by atoms with Crippen LogP contribution in [0.4, 0.5) is 0 Å². The minimum Gasteiger partial charge on any atom is -0.330 e. The molecule has 116 valence electrons. The second-order valence-corrected chi connectivity index (χ2v) is 6.13. The molecule has 0 spiro atoms. The van der Waals surface area contributed by atoms with Crippen molar-refractivity contribution in [3.05, 3.63) is 52.3 Å². The van der Waals surface area contributed by atoms with Crippen molar-refractivity contribution in [3.63, 3.8) is 0 Å². The molecule has 0 aliphatic carbocycles. The van der Waals surface area contributed by atoms with E-state index in [1.807, 2.05) is 11.8 Å². The number of carbonyl (C=O) groups excluding carboxylic acids is 1. The van der Waals surface area contributed by atoms with Gasteiger partial charge in [0.2, 0.25) is 0 Å². The van der Waals surface area contributed by atoms with E-state index in [1.165, 1.54) is 11.1 Å². The second kappa shape index (κ2) is 6.13. The van der Waals surface area contributed by atoms with Gasteiger partial charge in [-0.15, -0.1) is 0 Å². The molecule has 1 aromatic carbocycles. The Balaban J connectivity index is 1.93. The first-order chi connectivity index (χ1) is 10.6. The summed E-state index contributed by atoms with van der Waals surface area (Å²) in [5.74, 6) is -0.0200. The van der Waals surface area contributed by atoms with E-state index in [4.69, 9.17) is 11.6 Å². The summed E-state index contributed by atoms with van der Waals surface area (Å²) in [6, 6.07) is 8.52. The van der Waals surface area contributed by atoms with Gasteiger partial charge in [-0.2, -0.15) is 5.10 Å². The van der Waals surface area contributed by atoms with Crippen molar-refractivity contribution in [2.45, 2.75) is 39.3 Å². The van der Waals surface area contributed by atoms with Crippen LogP contribution in [0.3, 0.4) is 0 Å². The average molecular weight is 318 g/mol. The number of aryl methyl sites for hydroxylation is 2. The van der Waals surface area contributed by atoms with E-state index in [0.29, 0.717) is 17.3 Å². The molecule has 0 bridgehead atoms. The topological polar surface area (TPSA) is 38.1 Å². The van der Waals surface area contributed by atoms with Gasteiger partial charge in [-0.3, -0.25) is 9.48 Å². The molecular weight excluding hydrogens is 298 g/mol. The van der Waals surface area contributed by atoms with Crippen molar-refractivity contribution in [3.8, 4) is 0 Å². The number of carbonyl (C=O) groups is 1. The van der Waals surface area contributed by atoms with Crippen molar-refractivity contribution in [1.82, 2.24) is 14.7 Å². The molecule has 0 saturated carbocycles. The second-order valence-electron chi connectivity index (χ2n) is 5.73. The third kappa shape index (κ3) is 2.63. The fourth-order valence-electron chi connectivity index (χ4n) is 3.18. The summed E-state index contributed by atoms with van der Waals surface area (Å²) in [5.41, 5.74) is 2.92. The van der Waals surface area contributed by atoms with Crippen LogP contribution in [-0.2, 0) is 6.54 Å². The van der Waals surface area contributed by atoms with Crippen LogP contribution >= 0.6 is 11.6 Å². The Kier molecular flexibility index (Phi) is 4.21. The predicted molar refractivity (Wildman–Crippen MR) is 87.1 cm³/mol. The smallest absolute Gasteiger partial charge is 0.274 e. The monoisotopic (exact) mass is 317 g/mol. The van der Waals surface area contributed by atoms with Gasteiger partial charge in [0.25, 0.3) is 5.91 Å². The van der Waals surface area contributed by atoms with E-state index in [9.17, 15) is 4.79 Å². The number of amides is 1. The highest BCUT2D eigenvalue weighted by Crippen LogP contribution is 2.34. The summed E-state index contributed by atoms with van der Waals surface area (Å²) in [6.07, 6.45) is 3.56. The largest absolute Gasteiger partial charge is 0.330 e. The standard InChI is InChI=1S/C17H20ClN3O/c1-3-21-16(14(18)11-19-21)17(22)20-9-5-8-15(20)13-7-4-6-12(2)10-13/h4,6-7,10-11,15H,3,5,8-9H2,1-2H3/t15-/m0/s1. The number of benzene rings is 1. The minimum absolute atomic E-state index is 0.0200. The quantitative estimate of drug-likeness (QED) is 0.862. The summed E-state index contributed by atoms with van der Waals surface area (Å²) >= 11 is 6.19. The first kappa shape index (κ1) is 15.1. The molecule has 2 heterocycles. The number of aromatic nitrogens is 2. The van der Waals surface area contributed by atoms with Gasteiger partial charge in [0.05, 0.1) is 17.3 Å². The Morgan fingerprint density at radius 1 is 1.45 bits per heavy atom. The van der Waals surface area contributed by atoms with Crippen molar-refractivity contribution in [1.29, 1.82) is 0 Å². The molecule has 4 nitrogen and oxygen atoms in total. The van der Waals surface area contributed by atoms with E-state index in [1.54, 1.807) is 10.9 Å². The maximum Gasteiger partial charge on any atom is 0.274 e. The lowest BCUT2D eigenvalue weighted by molar-refractivity contribution is 0.0723. The molecule has 1 fully saturated rings. The molecule has 1 atom stereocenters. The van der Waals surface area contributed by atoms with Gasteiger partial charge in [0.15, 0.2) is 0 Å². The molecule has 1 amide bonds. The molecular formula is C17H20ClN3O. The van der Waals surface area contributed by atoms with Crippen molar-refractivity contribution in [2.24, 2.45) is 0 Å². The molecule has 1 saturated heterocycles. The molecule has 22 heavy (non-hydrogen) atoms. The van der Waals surface area contributed by atoms with Crippen LogP contribution in [0.15, 0.2) is 30.5 Å².